The zero-order chi connectivity index (χ0) is 11.5. The molecule has 1 N–H and O–H groups in total. The van der Waals surface area contributed by atoms with Crippen molar-refractivity contribution in [1.29, 1.82) is 0 Å². The number of hydrogen-bond donors (Lipinski definition) is 1. The van der Waals surface area contributed by atoms with Gasteiger partial charge in [-0.3, -0.25) is 4.79 Å². The summed E-state index contributed by atoms with van der Waals surface area (Å²) in [5.41, 5.74) is -0.266. The van der Waals surface area contributed by atoms with Crippen molar-refractivity contribution in [2.75, 3.05) is 0 Å². The lowest BCUT2D eigenvalue weighted by Crippen LogP contribution is -2.06. The van der Waals surface area contributed by atoms with E-state index in [2.05, 4.69) is 27.6 Å². The second-order valence-corrected chi connectivity index (χ2v) is 4.75. The van der Waals surface area contributed by atoms with Crippen LogP contribution in [0.5, 0.6) is 11.5 Å². The van der Waals surface area contributed by atoms with Gasteiger partial charge in [0, 0.05) is 14.8 Å². The third-order valence-corrected chi connectivity index (χ3v) is 2.69. The molecule has 0 saturated carbocycles. The van der Waals surface area contributed by atoms with E-state index in [0.29, 0.717) is 10.8 Å². The molecule has 5 heteroatoms. The standard InChI is InChI=1S/C11H7ClINO2/c12-7-4-8(13)6-9(5-7)16-10-2-1-3-14-11(10)15/h1-6H,(H,14,15). The van der Waals surface area contributed by atoms with Crippen LogP contribution in [0.1, 0.15) is 0 Å². The number of halogens is 2. The summed E-state index contributed by atoms with van der Waals surface area (Å²) in [7, 11) is 0. The highest BCUT2D eigenvalue weighted by molar-refractivity contribution is 14.1. The van der Waals surface area contributed by atoms with E-state index in [1.807, 2.05) is 6.07 Å². The molecule has 0 unspecified atom stereocenters. The summed E-state index contributed by atoms with van der Waals surface area (Å²) in [5.74, 6) is 0.800. The maximum Gasteiger partial charge on any atom is 0.290 e. The highest BCUT2D eigenvalue weighted by Crippen LogP contribution is 2.25. The molecule has 2 rings (SSSR count). The first-order valence-electron chi connectivity index (χ1n) is 4.47. The van der Waals surface area contributed by atoms with Crippen LogP contribution in [0.2, 0.25) is 5.02 Å². The van der Waals surface area contributed by atoms with Gasteiger partial charge >= 0.3 is 0 Å². The van der Waals surface area contributed by atoms with Gasteiger partial charge in [0.15, 0.2) is 5.75 Å². The summed E-state index contributed by atoms with van der Waals surface area (Å²) >= 11 is 8.02. The number of rotatable bonds is 2. The van der Waals surface area contributed by atoms with Crippen molar-refractivity contribution < 1.29 is 4.74 Å². The number of benzene rings is 1. The van der Waals surface area contributed by atoms with Gasteiger partial charge in [-0.2, -0.15) is 0 Å². The minimum atomic E-state index is -0.266. The summed E-state index contributed by atoms with van der Waals surface area (Å²) in [4.78, 5) is 13.9. The molecule has 82 valence electrons. The normalized spacial score (nSPS) is 10.1. The van der Waals surface area contributed by atoms with Crippen molar-refractivity contribution in [1.82, 2.24) is 4.98 Å². The summed E-state index contributed by atoms with van der Waals surface area (Å²) in [6.07, 6.45) is 1.55. The molecule has 0 atom stereocenters. The number of ether oxygens (including phenoxy) is 1. The summed E-state index contributed by atoms with van der Waals surface area (Å²) in [5, 5.41) is 0.578. The number of pyridine rings is 1. The molecule has 0 aliphatic rings. The fraction of sp³-hybridized carbons (Fsp3) is 0. The van der Waals surface area contributed by atoms with Gasteiger partial charge in [-0.05, 0) is 52.9 Å². The van der Waals surface area contributed by atoms with Gasteiger partial charge in [0.25, 0.3) is 5.56 Å². The largest absolute Gasteiger partial charge is 0.451 e. The summed E-state index contributed by atoms with van der Waals surface area (Å²) in [6, 6.07) is 8.58. The molecule has 2 aromatic rings. The van der Waals surface area contributed by atoms with E-state index in [4.69, 9.17) is 16.3 Å². The summed E-state index contributed by atoms with van der Waals surface area (Å²) < 4.78 is 6.39. The molecule has 16 heavy (non-hydrogen) atoms. The Balaban J connectivity index is 2.34. The lowest BCUT2D eigenvalue weighted by molar-refractivity contribution is 0.474. The Bertz CT molecular complexity index is 548. The number of aromatic nitrogens is 1. The third-order valence-electron chi connectivity index (χ3n) is 1.85. The Kier molecular flexibility index (Phi) is 3.50. The predicted octanol–water partition coefficient (Wildman–Crippen LogP) is 3.43. The van der Waals surface area contributed by atoms with Crippen molar-refractivity contribution in [2.45, 2.75) is 0 Å². The van der Waals surface area contributed by atoms with E-state index in [1.165, 1.54) is 0 Å². The molecule has 0 radical (unpaired) electrons. The molecular weight excluding hydrogens is 340 g/mol. The van der Waals surface area contributed by atoms with E-state index in [1.54, 1.807) is 30.5 Å². The lowest BCUT2D eigenvalue weighted by atomic mass is 10.3. The van der Waals surface area contributed by atoms with Crippen LogP contribution in [-0.2, 0) is 0 Å². The Hall–Kier alpha value is -1.01. The summed E-state index contributed by atoms with van der Waals surface area (Å²) in [6.45, 7) is 0. The average Bonchev–Trinajstić information content (AvgIpc) is 2.20. The SMILES string of the molecule is O=c1[nH]cccc1Oc1cc(Cl)cc(I)c1. The zero-order valence-corrected chi connectivity index (χ0v) is 10.9. The molecule has 0 amide bonds. The quantitative estimate of drug-likeness (QED) is 0.846. The Morgan fingerprint density at radius 2 is 2.12 bits per heavy atom. The number of nitrogens with one attached hydrogen (secondary N) is 1. The molecular formula is C11H7ClINO2. The topological polar surface area (TPSA) is 42.1 Å². The molecule has 0 fully saturated rings. The zero-order valence-electron chi connectivity index (χ0n) is 8.04. The first-order chi connectivity index (χ1) is 7.65. The second-order valence-electron chi connectivity index (χ2n) is 3.07. The van der Waals surface area contributed by atoms with Crippen LogP contribution in [0, 0.1) is 3.57 Å². The van der Waals surface area contributed by atoms with Crippen molar-refractivity contribution in [3.05, 3.63) is 55.5 Å². The molecule has 1 aromatic heterocycles. The minimum absolute atomic E-state index is 0.251. The average molecular weight is 348 g/mol. The van der Waals surface area contributed by atoms with Gasteiger partial charge in [0.05, 0.1) is 0 Å². The number of H-pyrrole nitrogens is 1. The Labute approximate surface area is 111 Å². The molecule has 0 aliphatic carbocycles. The van der Waals surface area contributed by atoms with Crippen LogP contribution in [0.3, 0.4) is 0 Å². The molecule has 0 saturated heterocycles. The highest BCUT2D eigenvalue weighted by atomic mass is 127. The van der Waals surface area contributed by atoms with E-state index < -0.39 is 0 Å². The predicted molar refractivity (Wildman–Crippen MR) is 71.3 cm³/mol. The minimum Gasteiger partial charge on any atom is -0.451 e. The maximum absolute atomic E-state index is 11.4. The number of aromatic amines is 1. The van der Waals surface area contributed by atoms with Gasteiger partial charge in [0.2, 0.25) is 0 Å². The van der Waals surface area contributed by atoms with Crippen molar-refractivity contribution in [2.24, 2.45) is 0 Å². The smallest absolute Gasteiger partial charge is 0.290 e. The van der Waals surface area contributed by atoms with Gasteiger partial charge in [-0.15, -0.1) is 0 Å². The van der Waals surface area contributed by atoms with Crippen molar-refractivity contribution in [3.8, 4) is 11.5 Å². The van der Waals surface area contributed by atoms with Gasteiger partial charge < -0.3 is 9.72 Å². The van der Waals surface area contributed by atoms with E-state index in [0.717, 1.165) is 3.57 Å². The molecule has 0 bridgehead atoms. The van der Waals surface area contributed by atoms with E-state index in [-0.39, 0.29) is 11.3 Å². The van der Waals surface area contributed by atoms with E-state index in [9.17, 15) is 4.79 Å². The molecule has 0 spiro atoms. The fourth-order valence-electron chi connectivity index (χ4n) is 1.20. The Morgan fingerprint density at radius 3 is 2.81 bits per heavy atom. The Morgan fingerprint density at radius 1 is 1.31 bits per heavy atom. The number of hydrogen-bond acceptors (Lipinski definition) is 2. The van der Waals surface area contributed by atoms with Crippen LogP contribution in [0.15, 0.2) is 41.3 Å². The second kappa shape index (κ2) is 4.88. The lowest BCUT2D eigenvalue weighted by Gasteiger charge is -2.05. The third kappa shape index (κ3) is 2.76. The first-order valence-corrected chi connectivity index (χ1v) is 5.92. The first kappa shape index (κ1) is 11.5. The maximum atomic E-state index is 11.4. The van der Waals surface area contributed by atoms with Crippen LogP contribution < -0.4 is 10.3 Å². The molecule has 1 heterocycles. The van der Waals surface area contributed by atoms with Crippen molar-refractivity contribution in [3.63, 3.8) is 0 Å². The van der Waals surface area contributed by atoms with Crippen LogP contribution in [-0.4, -0.2) is 4.98 Å². The van der Waals surface area contributed by atoms with Gasteiger partial charge in [-0.1, -0.05) is 11.6 Å². The van der Waals surface area contributed by atoms with Crippen LogP contribution >= 0.6 is 34.2 Å². The fourth-order valence-corrected chi connectivity index (χ4v) is 2.25. The van der Waals surface area contributed by atoms with Crippen LogP contribution in [0.4, 0.5) is 0 Å². The van der Waals surface area contributed by atoms with Gasteiger partial charge in [-0.25, -0.2) is 0 Å². The highest BCUT2D eigenvalue weighted by Gasteiger charge is 2.03. The van der Waals surface area contributed by atoms with Crippen LogP contribution in [0.25, 0.3) is 0 Å². The van der Waals surface area contributed by atoms with Gasteiger partial charge in [0.1, 0.15) is 5.75 Å². The van der Waals surface area contributed by atoms with Crippen molar-refractivity contribution >= 4 is 34.2 Å². The molecule has 0 aliphatic heterocycles. The molecule has 3 nitrogen and oxygen atoms in total. The monoisotopic (exact) mass is 347 g/mol. The molecule has 1 aromatic carbocycles. The van der Waals surface area contributed by atoms with E-state index >= 15 is 0 Å².